The Morgan fingerprint density at radius 2 is 2.00 bits per heavy atom. The summed E-state index contributed by atoms with van der Waals surface area (Å²) in [5.41, 5.74) is 2.72. The number of nitrogens with one attached hydrogen (secondary N) is 2. The average Bonchev–Trinajstić information content (AvgIpc) is 2.74. The van der Waals surface area contributed by atoms with Gasteiger partial charge in [0.1, 0.15) is 10.6 Å². The molecule has 2 aromatic rings. The van der Waals surface area contributed by atoms with E-state index in [4.69, 9.17) is 4.74 Å². The van der Waals surface area contributed by atoms with Crippen LogP contribution in [0, 0.1) is 16.0 Å². The van der Waals surface area contributed by atoms with Crippen LogP contribution in [0.3, 0.4) is 0 Å². The van der Waals surface area contributed by atoms with E-state index in [1.807, 2.05) is 0 Å². The van der Waals surface area contributed by atoms with Gasteiger partial charge in [-0.15, -0.1) is 0 Å². The number of nitro groups is 1. The molecule has 0 spiro atoms. The number of hydrazone groups is 1. The van der Waals surface area contributed by atoms with E-state index in [0.717, 1.165) is 25.3 Å². The van der Waals surface area contributed by atoms with Crippen LogP contribution in [0.25, 0.3) is 0 Å². The van der Waals surface area contributed by atoms with E-state index >= 15 is 0 Å². The normalized spacial score (nSPS) is 16.4. The molecular weight excluding hydrogens is 408 g/mol. The number of ether oxygens (including phenoxy) is 1. The van der Waals surface area contributed by atoms with Gasteiger partial charge < -0.3 is 4.74 Å². The van der Waals surface area contributed by atoms with Crippen molar-refractivity contribution < 1.29 is 18.1 Å². The molecule has 0 saturated carbocycles. The molecule has 0 bridgehead atoms. The third-order valence-corrected chi connectivity index (χ3v) is 6.00. The van der Waals surface area contributed by atoms with Crippen molar-refractivity contribution in [2.75, 3.05) is 17.3 Å². The first-order valence-electron chi connectivity index (χ1n) is 9.29. The zero-order chi connectivity index (χ0) is 21.6. The number of non-ortho nitro benzene ring substituents is 1. The number of hydrogen-bond acceptors (Lipinski definition) is 7. The van der Waals surface area contributed by atoms with E-state index in [9.17, 15) is 18.5 Å². The van der Waals surface area contributed by atoms with E-state index in [1.165, 1.54) is 25.3 Å². The number of sulfonamides is 1. The highest BCUT2D eigenvalue weighted by Gasteiger charge is 2.23. The first kappa shape index (κ1) is 21.3. The number of nitrogens with zero attached hydrogens (tertiary/aromatic N) is 2. The minimum atomic E-state index is -4.17. The Balaban J connectivity index is 1.91. The highest BCUT2D eigenvalue weighted by molar-refractivity contribution is 7.93. The van der Waals surface area contributed by atoms with Gasteiger partial charge in [0, 0.05) is 18.3 Å². The monoisotopic (exact) mass is 430 g/mol. The molecule has 0 fully saturated rings. The number of allylic oxidation sites excluding steroid dienone is 2. The SMILES string of the molecule is COc1ccccc1NS(=O)(=O)c1cc([N+](=O)[O-])ccc1N/N=C/C1CC=CCC1. The first-order chi connectivity index (χ1) is 14.4. The molecule has 1 unspecified atom stereocenters. The lowest BCUT2D eigenvalue weighted by molar-refractivity contribution is -0.385. The van der Waals surface area contributed by atoms with Crippen LogP contribution in [0.15, 0.2) is 64.6 Å². The third kappa shape index (κ3) is 5.15. The molecule has 0 saturated heterocycles. The van der Waals surface area contributed by atoms with Gasteiger partial charge in [-0.25, -0.2) is 8.42 Å². The number of para-hydroxylation sites is 2. The van der Waals surface area contributed by atoms with Crippen LogP contribution in [-0.4, -0.2) is 26.7 Å². The van der Waals surface area contributed by atoms with Crippen molar-refractivity contribution in [1.29, 1.82) is 0 Å². The van der Waals surface area contributed by atoms with Crippen molar-refractivity contribution in [3.63, 3.8) is 0 Å². The summed E-state index contributed by atoms with van der Waals surface area (Å²) in [6.07, 6.45) is 8.72. The molecular formula is C20H22N4O5S. The van der Waals surface area contributed by atoms with E-state index in [0.29, 0.717) is 5.75 Å². The summed E-state index contributed by atoms with van der Waals surface area (Å²) in [5, 5.41) is 15.3. The molecule has 0 heterocycles. The lowest BCUT2D eigenvalue weighted by Gasteiger charge is -2.15. The van der Waals surface area contributed by atoms with Gasteiger partial charge in [0.05, 0.1) is 23.4 Å². The van der Waals surface area contributed by atoms with Crippen LogP contribution in [0.5, 0.6) is 5.75 Å². The number of rotatable bonds is 8. The molecule has 1 atom stereocenters. The Morgan fingerprint density at radius 3 is 2.70 bits per heavy atom. The van der Waals surface area contributed by atoms with Crippen LogP contribution < -0.4 is 14.9 Å². The molecule has 158 valence electrons. The molecule has 2 aromatic carbocycles. The molecule has 0 radical (unpaired) electrons. The molecule has 10 heteroatoms. The summed E-state index contributed by atoms with van der Waals surface area (Å²) in [7, 11) is -2.75. The summed E-state index contributed by atoms with van der Waals surface area (Å²) in [4.78, 5) is 10.2. The second kappa shape index (κ2) is 9.40. The molecule has 0 aliphatic heterocycles. The number of nitro benzene ring substituents is 1. The molecule has 9 nitrogen and oxygen atoms in total. The largest absolute Gasteiger partial charge is 0.495 e. The van der Waals surface area contributed by atoms with Crippen LogP contribution in [-0.2, 0) is 10.0 Å². The Hall–Kier alpha value is -3.40. The van der Waals surface area contributed by atoms with E-state index in [-0.39, 0.29) is 27.9 Å². The highest BCUT2D eigenvalue weighted by atomic mass is 32.2. The second-order valence-electron chi connectivity index (χ2n) is 6.68. The van der Waals surface area contributed by atoms with Gasteiger partial charge in [-0.2, -0.15) is 5.10 Å². The van der Waals surface area contributed by atoms with Gasteiger partial charge >= 0.3 is 0 Å². The van der Waals surface area contributed by atoms with Crippen LogP contribution in [0.4, 0.5) is 17.1 Å². The average molecular weight is 430 g/mol. The van der Waals surface area contributed by atoms with Gasteiger partial charge in [0.25, 0.3) is 15.7 Å². The zero-order valence-corrected chi connectivity index (χ0v) is 17.1. The first-order valence-corrected chi connectivity index (χ1v) is 10.8. The van der Waals surface area contributed by atoms with E-state index in [1.54, 1.807) is 24.4 Å². The lowest BCUT2D eigenvalue weighted by Crippen LogP contribution is -2.16. The number of hydrogen-bond donors (Lipinski definition) is 2. The minimum Gasteiger partial charge on any atom is -0.495 e. The highest BCUT2D eigenvalue weighted by Crippen LogP contribution is 2.31. The predicted molar refractivity (Wildman–Crippen MR) is 115 cm³/mol. The van der Waals surface area contributed by atoms with Crippen molar-refractivity contribution in [3.8, 4) is 5.75 Å². The molecule has 0 amide bonds. The molecule has 3 rings (SSSR count). The van der Waals surface area contributed by atoms with Gasteiger partial charge in [0.2, 0.25) is 0 Å². The molecule has 1 aliphatic carbocycles. The topological polar surface area (TPSA) is 123 Å². The maximum Gasteiger partial charge on any atom is 0.270 e. The maximum absolute atomic E-state index is 13.0. The lowest BCUT2D eigenvalue weighted by atomic mass is 9.96. The van der Waals surface area contributed by atoms with Crippen molar-refractivity contribution in [2.24, 2.45) is 11.0 Å². The van der Waals surface area contributed by atoms with Crippen molar-refractivity contribution in [1.82, 2.24) is 0 Å². The fourth-order valence-corrected chi connectivity index (χ4v) is 4.28. The van der Waals surface area contributed by atoms with Crippen LogP contribution in [0.1, 0.15) is 19.3 Å². The molecule has 0 aromatic heterocycles. The van der Waals surface area contributed by atoms with Gasteiger partial charge in [-0.3, -0.25) is 20.3 Å². The third-order valence-electron chi connectivity index (χ3n) is 4.60. The Labute approximate surface area is 174 Å². The standard InChI is InChI=1S/C20H22N4O5S/c1-29-19-10-6-5-9-17(19)23-30(27,28)20-13-16(24(25)26)11-12-18(20)22-21-14-15-7-3-2-4-8-15/h2-3,5-6,9-15,22-23H,4,7-8H2,1H3/b21-14+. The summed E-state index contributed by atoms with van der Waals surface area (Å²) in [6, 6.07) is 10.0. The molecule has 1 aliphatic rings. The second-order valence-corrected chi connectivity index (χ2v) is 8.33. The predicted octanol–water partition coefficient (Wildman–Crippen LogP) is 4.16. The fourth-order valence-electron chi connectivity index (χ4n) is 3.03. The van der Waals surface area contributed by atoms with Crippen molar-refractivity contribution in [2.45, 2.75) is 24.2 Å². The van der Waals surface area contributed by atoms with Crippen LogP contribution >= 0.6 is 0 Å². The van der Waals surface area contributed by atoms with E-state index < -0.39 is 14.9 Å². The Morgan fingerprint density at radius 1 is 1.20 bits per heavy atom. The minimum absolute atomic E-state index is 0.130. The molecule has 2 N–H and O–H groups in total. The zero-order valence-electron chi connectivity index (χ0n) is 16.3. The number of anilines is 2. The Kier molecular flexibility index (Phi) is 6.68. The Bertz CT molecular complexity index is 1080. The summed E-state index contributed by atoms with van der Waals surface area (Å²) < 4.78 is 33.7. The fraction of sp³-hybridized carbons (Fsp3) is 0.250. The quantitative estimate of drug-likeness (QED) is 0.281. The van der Waals surface area contributed by atoms with Gasteiger partial charge in [0.15, 0.2) is 0 Å². The summed E-state index contributed by atoms with van der Waals surface area (Å²) in [6.45, 7) is 0. The van der Waals surface area contributed by atoms with Gasteiger partial charge in [-0.1, -0.05) is 24.3 Å². The van der Waals surface area contributed by atoms with Crippen molar-refractivity contribution in [3.05, 3.63) is 64.7 Å². The number of methoxy groups -OCH3 is 1. The summed E-state index contributed by atoms with van der Waals surface area (Å²) in [5.74, 6) is 0.580. The summed E-state index contributed by atoms with van der Waals surface area (Å²) >= 11 is 0. The van der Waals surface area contributed by atoms with Crippen LogP contribution in [0.2, 0.25) is 0 Å². The van der Waals surface area contributed by atoms with E-state index in [2.05, 4.69) is 27.4 Å². The van der Waals surface area contributed by atoms with Gasteiger partial charge in [-0.05, 0) is 43.4 Å². The number of benzene rings is 2. The maximum atomic E-state index is 13.0. The van der Waals surface area contributed by atoms with Crippen molar-refractivity contribution >= 4 is 33.3 Å². The smallest absolute Gasteiger partial charge is 0.270 e. The molecule has 30 heavy (non-hydrogen) atoms.